The molecule has 4 aliphatic rings. The van der Waals surface area contributed by atoms with Crippen LogP contribution < -0.4 is 9.47 Å². The van der Waals surface area contributed by atoms with Gasteiger partial charge in [0.05, 0.1) is 12.0 Å². The van der Waals surface area contributed by atoms with E-state index in [0.29, 0.717) is 6.79 Å². The molecule has 1 aromatic carbocycles. The van der Waals surface area contributed by atoms with E-state index < -0.39 is 0 Å². The number of aliphatic imine (C=N–C) groups is 1. The molecule has 1 aromatic rings. The fourth-order valence-corrected chi connectivity index (χ4v) is 4.24. The molecule has 1 amide bonds. The number of benzene rings is 1. The van der Waals surface area contributed by atoms with Crippen molar-refractivity contribution < 1.29 is 14.3 Å². The number of carbonyl (C=O) groups is 1. The Morgan fingerprint density at radius 2 is 2.09 bits per heavy atom. The van der Waals surface area contributed by atoms with Crippen molar-refractivity contribution in [1.82, 2.24) is 4.90 Å². The Morgan fingerprint density at radius 1 is 1.23 bits per heavy atom. The van der Waals surface area contributed by atoms with Crippen LogP contribution in [0, 0.1) is 5.92 Å². The van der Waals surface area contributed by atoms with Crippen molar-refractivity contribution in [3.8, 4) is 11.5 Å². The van der Waals surface area contributed by atoms with Crippen LogP contribution in [0.1, 0.15) is 36.4 Å². The van der Waals surface area contributed by atoms with E-state index in [0.717, 1.165) is 56.0 Å². The first-order chi connectivity index (χ1) is 10.8. The van der Waals surface area contributed by atoms with Gasteiger partial charge >= 0.3 is 0 Å². The second-order valence-electron chi connectivity index (χ2n) is 6.47. The molecular formula is C17H18N2O3. The molecule has 0 N–H and O–H groups in total. The zero-order chi connectivity index (χ0) is 14.7. The summed E-state index contributed by atoms with van der Waals surface area (Å²) in [5, 5.41) is 0. The molecule has 0 saturated carbocycles. The van der Waals surface area contributed by atoms with Crippen molar-refractivity contribution in [3.05, 3.63) is 23.3 Å². The number of hydrogen-bond donors (Lipinski definition) is 0. The first-order valence-corrected chi connectivity index (χ1v) is 8.07. The van der Waals surface area contributed by atoms with Gasteiger partial charge in [0.25, 0.3) is 0 Å². The minimum atomic E-state index is 0.0422. The van der Waals surface area contributed by atoms with Crippen LogP contribution in [0.2, 0.25) is 0 Å². The van der Waals surface area contributed by atoms with Crippen LogP contribution in [0.15, 0.2) is 17.1 Å². The van der Waals surface area contributed by atoms with Gasteiger partial charge in [0.2, 0.25) is 12.7 Å². The number of fused-ring (bicyclic) bond motifs is 5. The summed E-state index contributed by atoms with van der Waals surface area (Å²) in [5.74, 6) is 1.96. The molecule has 2 unspecified atom stereocenters. The number of rotatable bonds is 0. The molecule has 0 aromatic heterocycles. The number of ether oxygens (including phenoxy) is 2. The normalized spacial score (nSPS) is 28.6. The van der Waals surface area contributed by atoms with E-state index in [9.17, 15) is 4.79 Å². The number of nitrogens with zero attached hydrogens (tertiary/aromatic N) is 2. The monoisotopic (exact) mass is 298 g/mol. The number of hydrogen-bond acceptors (Lipinski definition) is 4. The predicted molar refractivity (Wildman–Crippen MR) is 80.4 cm³/mol. The van der Waals surface area contributed by atoms with Crippen LogP contribution in [0.3, 0.4) is 0 Å². The van der Waals surface area contributed by atoms with Crippen molar-refractivity contribution >= 4 is 11.6 Å². The summed E-state index contributed by atoms with van der Waals surface area (Å²) in [6.45, 7) is 1.97. The summed E-state index contributed by atoms with van der Waals surface area (Å²) in [6, 6.07) is 4.29. The van der Waals surface area contributed by atoms with Gasteiger partial charge in [-0.05, 0) is 42.5 Å². The molecule has 1 fully saturated rings. The van der Waals surface area contributed by atoms with Gasteiger partial charge in [-0.3, -0.25) is 9.79 Å². The topological polar surface area (TPSA) is 51.1 Å². The molecule has 4 heterocycles. The third kappa shape index (κ3) is 1.65. The molecular weight excluding hydrogens is 280 g/mol. The first kappa shape index (κ1) is 12.5. The number of amides is 1. The van der Waals surface area contributed by atoms with Gasteiger partial charge in [0.1, 0.15) is 0 Å². The SMILES string of the molecule is O=C1C2CCCN=C2CC2c3cc4c(cc3CCN12)OCO4. The molecule has 0 bridgehead atoms. The Hall–Kier alpha value is -2.04. The van der Waals surface area contributed by atoms with Gasteiger partial charge in [-0.1, -0.05) is 0 Å². The molecule has 22 heavy (non-hydrogen) atoms. The second kappa shape index (κ2) is 4.48. The summed E-state index contributed by atoms with van der Waals surface area (Å²) < 4.78 is 11.0. The lowest BCUT2D eigenvalue weighted by Crippen LogP contribution is -2.51. The Bertz CT molecular complexity index is 697. The highest BCUT2D eigenvalue weighted by Crippen LogP contribution is 2.44. The lowest BCUT2D eigenvalue weighted by molar-refractivity contribution is -0.138. The predicted octanol–water partition coefficient (Wildman–Crippen LogP) is 2.10. The zero-order valence-electron chi connectivity index (χ0n) is 12.4. The zero-order valence-corrected chi connectivity index (χ0v) is 12.4. The van der Waals surface area contributed by atoms with Crippen LogP contribution in [0.5, 0.6) is 11.5 Å². The molecule has 0 spiro atoms. The van der Waals surface area contributed by atoms with E-state index in [1.807, 2.05) is 0 Å². The second-order valence-corrected chi connectivity index (χ2v) is 6.47. The van der Waals surface area contributed by atoms with E-state index in [-0.39, 0.29) is 17.9 Å². The van der Waals surface area contributed by atoms with E-state index in [1.165, 1.54) is 11.1 Å². The smallest absolute Gasteiger partial charge is 0.231 e. The van der Waals surface area contributed by atoms with Crippen molar-refractivity contribution in [1.29, 1.82) is 0 Å². The third-order valence-corrected chi connectivity index (χ3v) is 5.34. The Labute approximate surface area is 128 Å². The summed E-state index contributed by atoms with van der Waals surface area (Å²) in [5.41, 5.74) is 3.62. The third-order valence-electron chi connectivity index (χ3n) is 5.34. The van der Waals surface area contributed by atoms with E-state index >= 15 is 0 Å². The van der Waals surface area contributed by atoms with Crippen molar-refractivity contribution in [2.45, 2.75) is 31.7 Å². The van der Waals surface area contributed by atoms with Crippen LogP contribution in [-0.4, -0.2) is 36.4 Å². The summed E-state index contributed by atoms with van der Waals surface area (Å²) >= 11 is 0. The number of piperidine rings is 1. The fourth-order valence-electron chi connectivity index (χ4n) is 4.24. The Morgan fingerprint density at radius 3 is 3.00 bits per heavy atom. The Balaban J connectivity index is 1.59. The highest BCUT2D eigenvalue weighted by Gasteiger charge is 2.43. The van der Waals surface area contributed by atoms with Crippen molar-refractivity contribution in [3.63, 3.8) is 0 Å². The van der Waals surface area contributed by atoms with Gasteiger partial charge < -0.3 is 14.4 Å². The maximum Gasteiger partial charge on any atom is 0.231 e. The van der Waals surface area contributed by atoms with E-state index in [2.05, 4.69) is 22.0 Å². The highest BCUT2D eigenvalue weighted by molar-refractivity contribution is 6.07. The molecule has 5 heteroatoms. The molecule has 1 saturated heterocycles. The first-order valence-electron chi connectivity index (χ1n) is 8.07. The maximum absolute atomic E-state index is 12.8. The van der Waals surface area contributed by atoms with E-state index in [1.54, 1.807) is 0 Å². The lowest BCUT2D eigenvalue weighted by atomic mass is 9.79. The van der Waals surface area contributed by atoms with Crippen LogP contribution in [-0.2, 0) is 11.2 Å². The molecule has 5 rings (SSSR count). The molecule has 0 aliphatic carbocycles. The minimum Gasteiger partial charge on any atom is -0.454 e. The van der Waals surface area contributed by atoms with Crippen molar-refractivity contribution in [2.24, 2.45) is 10.9 Å². The molecule has 114 valence electrons. The quantitative estimate of drug-likeness (QED) is 0.737. The lowest BCUT2D eigenvalue weighted by Gasteiger charge is -2.44. The van der Waals surface area contributed by atoms with E-state index in [4.69, 9.17) is 9.47 Å². The summed E-state index contributed by atoms with van der Waals surface area (Å²) in [7, 11) is 0. The summed E-state index contributed by atoms with van der Waals surface area (Å²) in [6.07, 6.45) is 3.78. The van der Waals surface area contributed by atoms with Gasteiger partial charge in [0.15, 0.2) is 11.5 Å². The van der Waals surface area contributed by atoms with Gasteiger partial charge in [-0.2, -0.15) is 0 Å². The van der Waals surface area contributed by atoms with Crippen molar-refractivity contribution in [2.75, 3.05) is 19.9 Å². The fraction of sp³-hybridized carbons (Fsp3) is 0.529. The van der Waals surface area contributed by atoms with Crippen LogP contribution in [0.25, 0.3) is 0 Å². The summed E-state index contributed by atoms with van der Waals surface area (Å²) in [4.78, 5) is 19.5. The average molecular weight is 298 g/mol. The van der Waals surface area contributed by atoms with Gasteiger partial charge in [-0.15, -0.1) is 0 Å². The van der Waals surface area contributed by atoms with Gasteiger partial charge in [0, 0.05) is 25.2 Å². The molecule has 5 nitrogen and oxygen atoms in total. The van der Waals surface area contributed by atoms with Crippen LogP contribution in [0.4, 0.5) is 0 Å². The maximum atomic E-state index is 12.8. The van der Waals surface area contributed by atoms with Crippen LogP contribution >= 0.6 is 0 Å². The largest absolute Gasteiger partial charge is 0.454 e. The standard InChI is InChI=1S/C17H18N2O3/c20-17-11-2-1-4-18-13(11)8-14-12-7-16-15(21-9-22-16)6-10(12)3-5-19(14)17/h6-7,11,14H,1-5,8-9H2. The van der Waals surface area contributed by atoms with Gasteiger partial charge in [-0.25, -0.2) is 0 Å². The molecule has 0 radical (unpaired) electrons. The number of carbonyl (C=O) groups excluding carboxylic acids is 1. The molecule has 4 aliphatic heterocycles. The highest BCUT2D eigenvalue weighted by atomic mass is 16.7. The minimum absolute atomic E-state index is 0.0422. The average Bonchev–Trinajstić information content (AvgIpc) is 3.00. The molecule has 2 atom stereocenters. The Kier molecular flexibility index (Phi) is 2.54.